The zero-order chi connectivity index (χ0) is 15.1. The van der Waals surface area contributed by atoms with Crippen LogP contribution in [0.1, 0.15) is 16.8 Å². The molecule has 0 spiro atoms. The fraction of sp³-hybridized carbons (Fsp3) is 0.222. The van der Waals surface area contributed by atoms with Crippen molar-refractivity contribution in [2.45, 2.75) is 19.5 Å². The first-order valence-electron chi connectivity index (χ1n) is 7.45. The standard InChI is InChI=1S/C18H16BrClN2/c19-13-3-6-17-16(9-13)15-7-8-22(11-18(15)21-17)10-12-1-4-14(20)5-2-12/h1-6,9,21H,7-8,10-11H2. The molecule has 0 radical (unpaired) electrons. The van der Waals surface area contributed by atoms with Gasteiger partial charge in [-0.3, -0.25) is 4.90 Å². The van der Waals surface area contributed by atoms with Crippen LogP contribution in [0.3, 0.4) is 0 Å². The number of aromatic amines is 1. The molecule has 3 aromatic rings. The van der Waals surface area contributed by atoms with Crippen LogP contribution < -0.4 is 0 Å². The van der Waals surface area contributed by atoms with Gasteiger partial charge in [0.15, 0.2) is 0 Å². The average Bonchev–Trinajstić information content (AvgIpc) is 2.87. The van der Waals surface area contributed by atoms with E-state index < -0.39 is 0 Å². The monoisotopic (exact) mass is 374 g/mol. The van der Waals surface area contributed by atoms with Crippen LogP contribution in [0.15, 0.2) is 46.9 Å². The van der Waals surface area contributed by atoms with Gasteiger partial charge in [-0.25, -0.2) is 0 Å². The summed E-state index contributed by atoms with van der Waals surface area (Å²) in [5.74, 6) is 0. The summed E-state index contributed by atoms with van der Waals surface area (Å²) < 4.78 is 1.14. The Morgan fingerprint density at radius 3 is 2.77 bits per heavy atom. The quantitative estimate of drug-likeness (QED) is 0.657. The van der Waals surface area contributed by atoms with Crippen molar-refractivity contribution in [1.29, 1.82) is 0 Å². The Morgan fingerprint density at radius 1 is 1.14 bits per heavy atom. The lowest BCUT2D eigenvalue weighted by molar-refractivity contribution is 0.243. The number of aromatic nitrogens is 1. The Balaban J connectivity index is 1.59. The van der Waals surface area contributed by atoms with Crippen LogP contribution >= 0.6 is 27.5 Å². The Kier molecular flexibility index (Phi) is 3.73. The van der Waals surface area contributed by atoms with Gasteiger partial charge in [0, 0.05) is 45.7 Å². The van der Waals surface area contributed by atoms with E-state index in [9.17, 15) is 0 Å². The summed E-state index contributed by atoms with van der Waals surface area (Å²) in [5.41, 5.74) is 5.38. The van der Waals surface area contributed by atoms with Crippen molar-refractivity contribution < 1.29 is 0 Å². The smallest absolute Gasteiger partial charge is 0.0460 e. The SMILES string of the molecule is Clc1ccc(CN2CCc3c([nH]c4ccc(Br)cc34)C2)cc1. The molecule has 2 nitrogen and oxygen atoms in total. The first kappa shape index (κ1) is 14.3. The zero-order valence-corrected chi connectivity index (χ0v) is 14.4. The third kappa shape index (κ3) is 2.69. The maximum absolute atomic E-state index is 5.96. The van der Waals surface area contributed by atoms with E-state index in [-0.39, 0.29) is 0 Å². The molecule has 0 fully saturated rings. The molecule has 2 heterocycles. The zero-order valence-electron chi connectivity index (χ0n) is 12.1. The van der Waals surface area contributed by atoms with Gasteiger partial charge in [-0.1, -0.05) is 39.7 Å². The highest BCUT2D eigenvalue weighted by Gasteiger charge is 2.20. The molecule has 0 bridgehead atoms. The topological polar surface area (TPSA) is 19.0 Å². The molecule has 2 aromatic carbocycles. The number of benzene rings is 2. The number of nitrogens with one attached hydrogen (secondary N) is 1. The minimum Gasteiger partial charge on any atom is -0.357 e. The molecule has 1 aliphatic rings. The van der Waals surface area contributed by atoms with Gasteiger partial charge in [-0.05, 0) is 47.9 Å². The molecule has 1 N–H and O–H groups in total. The van der Waals surface area contributed by atoms with E-state index in [1.54, 1.807) is 0 Å². The Labute approximate surface area is 143 Å². The second kappa shape index (κ2) is 5.73. The van der Waals surface area contributed by atoms with Gasteiger partial charge < -0.3 is 4.98 Å². The molecule has 0 unspecified atom stereocenters. The number of H-pyrrole nitrogens is 1. The third-order valence-electron chi connectivity index (χ3n) is 4.34. The average molecular weight is 376 g/mol. The van der Waals surface area contributed by atoms with Gasteiger partial charge in [0.25, 0.3) is 0 Å². The fourth-order valence-electron chi connectivity index (χ4n) is 3.25. The molecule has 0 amide bonds. The molecule has 0 atom stereocenters. The van der Waals surface area contributed by atoms with E-state index in [1.807, 2.05) is 12.1 Å². The van der Waals surface area contributed by atoms with Gasteiger partial charge in [0.05, 0.1) is 0 Å². The van der Waals surface area contributed by atoms with Crippen molar-refractivity contribution in [3.8, 4) is 0 Å². The van der Waals surface area contributed by atoms with Crippen molar-refractivity contribution in [2.24, 2.45) is 0 Å². The number of nitrogens with zero attached hydrogens (tertiary/aromatic N) is 1. The summed E-state index contributed by atoms with van der Waals surface area (Å²) in [6.45, 7) is 3.04. The van der Waals surface area contributed by atoms with E-state index in [0.29, 0.717) is 0 Å². The van der Waals surface area contributed by atoms with Gasteiger partial charge >= 0.3 is 0 Å². The van der Waals surface area contributed by atoms with Crippen LogP contribution in [0, 0.1) is 0 Å². The molecule has 112 valence electrons. The molecule has 0 aliphatic carbocycles. The number of fused-ring (bicyclic) bond motifs is 3. The summed E-state index contributed by atoms with van der Waals surface area (Å²) in [6, 6.07) is 14.6. The summed E-state index contributed by atoms with van der Waals surface area (Å²) in [4.78, 5) is 6.07. The lowest BCUT2D eigenvalue weighted by atomic mass is 10.0. The number of hydrogen-bond acceptors (Lipinski definition) is 1. The van der Waals surface area contributed by atoms with Crippen molar-refractivity contribution in [3.63, 3.8) is 0 Å². The summed E-state index contributed by atoms with van der Waals surface area (Å²) >= 11 is 9.53. The number of halogens is 2. The summed E-state index contributed by atoms with van der Waals surface area (Å²) in [6.07, 6.45) is 1.10. The van der Waals surface area contributed by atoms with Crippen LogP contribution in [0.25, 0.3) is 10.9 Å². The van der Waals surface area contributed by atoms with Crippen LogP contribution in [0.2, 0.25) is 5.02 Å². The molecule has 0 saturated carbocycles. The minimum atomic E-state index is 0.797. The molecule has 22 heavy (non-hydrogen) atoms. The van der Waals surface area contributed by atoms with Gasteiger partial charge in [0.1, 0.15) is 0 Å². The maximum Gasteiger partial charge on any atom is 0.0460 e. The first-order chi connectivity index (χ1) is 10.7. The molecular formula is C18H16BrClN2. The van der Waals surface area contributed by atoms with Crippen molar-refractivity contribution >= 4 is 38.4 Å². The highest BCUT2D eigenvalue weighted by Crippen LogP contribution is 2.30. The van der Waals surface area contributed by atoms with Crippen molar-refractivity contribution in [2.75, 3.05) is 6.54 Å². The van der Waals surface area contributed by atoms with Crippen LogP contribution in [-0.4, -0.2) is 16.4 Å². The lowest BCUT2D eigenvalue weighted by Crippen LogP contribution is -2.29. The minimum absolute atomic E-state index is 0.797. The van der Waals surface area contributed by atoms with Crippen molar-refractivity contribution in [1.82, 2.24) is 9.88 Å². The van der Waals surface area contributed by atoms with E-state index >= 15 is 0 Å². The second-order valence-electron chi connectivity index (χ2n) is 5.86. The molecular weight excluding hydrogens is 360 g/mol. The van der Waals surface area contributed by atoms with E-state index in [0.717, 1.165) is 35.6 Å². The van der Waals surface area contributed by atoms with E-state index in [4.69, 9.17) is 11.6 Å². The van der Waals surface area contributed by atoms with Crippen LogP contribution in [0.5, 0.6) is 0 Å². The molecule has 0 saturated heterocycles. The highest BCUT2D eigenvalue weighted by atomic mass is 79.9. The van der Waals surface area contributed by atoms with Gasteiger partial charge in [0.2, 0.25) is 0 Å². The largest absolute Gasteiger partial charge is 0.357 e. The summed E-state index contributed by atoms with van der Waals surface area (Å²) in [7, 11) is 0. The number of rotatable bonds is 2. The van der Waals surface area contributed by atoms with Crippen molar-refractivity contribution in [3.05, 3.63) is 68.8 Å². The fourth-order valence-corrected chi connectivity index (χ4v) is 3.74. The van der Waals surface area contributed by atoms with E-state index in [2.05, 4.69) is 56.1 Å². The Hall–Kier alpha value is -1.29. The number of hydrogen-bond donors (Lipinski definition) is 1. The van der Waals surface area contributed by atoms with Gasteiger partial charge in [-0.15, -0.1) is 0 Å². The van der Waals surface area contributed by atoms with Gasteiger partial charge in [-0.2, -0.15) is 0 Å². The van der Waals surface area contributed by atoms with E-state index in [1.165, 1.54) is 27.7 Å². The molecule has 4 rings (SSSR count). The highest BCUT2D eigenvalue weighted by molar-refractivity contribution is 9.10. The summed E-state index contributed by atoms with van der Waals surface area (Å²) in [5, 5.41) is 2.15. The Morgan fingerprint density at radius 2 is 1.95 bits per heavy atom. The van der Waals surface area contributed by atoms with Crippen LogP contribution in [-0.2, 0) is 19.5 Å². The maximum atomic E-state index is 5.96. The third-order valence-corrected chi connectivity index (χ3v) is 5.08. The normalized spacial score (nSPS) is 15.2. The van der Waals surface area contributed by atoms with Crippen LogP contribution in [0.4, 0.5) is 0 Å². The predicted molar refractivity (Wildman–Crippen MR) is 95.3 cm³/mol. The second-order valence-corrected chi connectivity index (χ2v) is 7.21. The predicted octanol–water partition coefficient (Wildman–Crippen LogP) is 5.14. The molecule has 1 aliphatic heterocycles. The molecule has 1 aromatic heterocycles. The molecule has 4 heteroatoms. The lowest BCUT2D eigenvalue weighted by Gasteiger charge is -2.27. The Bertz CT molecular complexity index is 823. The first-order valence-corrected chi connectivity index (χ1v) is 8.62.